The second kappa shape index (κ2) is 6.75. The zero-order valence-corrected chi connectivity index (χ0v) is 15.0. The van der Waals surface area contributed by atoms with Crippen molar-refractivity contribution in [3.63, 3.8) is 0 Å². The highest BCUT2D eigenvalue weighted by atomic mass is 16.2. The van der Waals surface area contributed by atoms with Crippen LogP contribution < -0.4 is 5.32 Å². The lowest BCUT2D eigenvalue weighted by molar-refractivity contribution is -0.131. The van der Waals surface area contributed by atoms with Crippen LogP contribution in [0.1, 0.15) is 38.8 Å². The van der Waals surface area contributed by atoms with Crippen LogP contribution in [0, 0.1) is 0 Å². The zero-order chi connectivity index (χ0) is 18.0. The molecule has 0 saturated carbocycles. The van der Waals surface area contributed by atoms with Crippen molar-refractivity contribution in [2.45, 2.75) is 44.8 Å². The summed E-state index contributed by atoms with van der Waals surface area (Å²) in [5, 5.41) is 3.08. The van der Waals surface area contributed by atoms with E-state index in [-0.39, 0.29) is 23.4 Å². The van der Waals surface area contributed by atoms with E-state index in [4.69, 9.17) is 0 Å². The lowest BCUT2D eigenvalue weighted by Gasteiger charge is -2.32. The van der Waals surface area contributed by atoms with E-state index in [0.717, 1.165) is 5.56 Å². The van der Waals surface area contributed by atoms with Crippen LogP contribution in [-0.2, 0) is 9.59 Å². The Hall–Kier alpha value is -2.56. The molecule has 1 aromatic carbocycles. The van der Waals surface area contributed by atoms with Gasteiger partial charge in [-0.05, 0) is 38.5 Å². The van der Waals surface area contributed by atoms with Crippen molar-refractivity contribution >= 4 is 11.8 Å². The minimum absolute atomic E-state index is 0.0871. The number of hydrogen-bond acceptors (Lipinski definition) is 2. The Balaban J connectivity index is 1.77. The van der Waals surface area contributed by atoms with E-state index < -0.39 is 6.04 Å². The van der Waals surface area contributed by atoms with Gasteiger partial charge in [0, 0.05) is 30.9 Å². The maximum Gasteiger partial charge on any atom is 0.247 e. The normalized spacial score (nSPS) is 19.1. The predicted molar refractivity (Wildman–Crippen MR) is 97.0 cm³/mol. The molecule has 0 radical (unpaired) electrons. The van der Waals surface area contributed by atoms with Crippen molar-refractivity contribution in [1.82, 2.24) is 14.8 Å². The third-order valence-electron chi connectivity index (χ3n) is 4.57. The third kappa shape index (κ3) is 3.76. The van der Waals surface area contributed by atoms with Crippen LogP contribution in [0.3, 0.4) is 0 Å². The Morgan fingerprint density at radius 2 is 1.76 bits per heavy atom. The second-order valence-electron chi connectivity index (χ2n) is 7.53. The van der Waals surface area contributed by atoms with Gasteiger partial charge in [-0.2, -0.15) is 0 Å². The molecule has 2 atom stereocenters. The molecule has 2 amide bonds. The topological polar surface area (TPSA) is 54.3 Å². The fourth-order valence-corrected chi connectivity index (χ4v) is 3.35. The number of nitrogens with zero attached hydrogens (tertiary/aromatic N) is 2. The molecule has 1 unspecified atom stereocenters. The Morgan fingerprint density at radius 1 is 1.12 bits per heavy atom. The van der Waals surface area contributed by atoms with E-state index in [0.29, 0.717) is 13.0 Å². The second-order valence-corrected chi connectivity index (χ2v) is 7.53. The summed E-state index contributed by atoms with van der Waals surface area (Å²) in [6.07, 6.45) is 4.13. The molecule has 25 heavy (non-hydrogen) atoms. The van der Waals surface area contributed by atoms with Crippen molar-refractivity contribution in [2.24, 2.45) is 0 Å². The summed E-state index contributed by atoms with van der Waals surface area (Å²) >= 11 is 0. The Kier molecular flexibility index (Phi) is 4.66. The third-order valence-corrected chi connectivity index (χ3v) is 4.57. The summed E-state index contributed by atoms with van der Waals surface area (Å²) in [6, 6.07) is 12.9. The molecule has 2 aromatic rings. The molecule has 132 valence electrons. The largest absolute Gasteiger partial charge is 0.349 e. The molecule has 0 aliphatic carbocycles. The lowest BCUT2D eigenvalue weighted by atomic mass is 10.1. The molecule has 1 saturated heterocycles. The molecule has 1 aromatic heterocycles. The van der Waals surface area contributed by atoms with E-state index in [2.05, 4.69) is 5.32 Å². The molecule has 1 aliphatic rings. The van der Waals surface area contributed by atoms with E-state index >= 15 is 0 Å². The van der Waals surface area contributed by atoms with Gasteiger partial charge in [0.1, 0.15) is 6.04 Å². The minimum Gasteiger partial charge on any atom is -0.349 e. The number of benzene rings is 1. The van der Waals surface area contributed by atoms with Crippen LogP contribution in [-0.4, -0.2) is 39.4 Å². The maximum atomic E-state index is 13.0. The van der Waals surface area contributed by atoms with Crippen molar-refractivity contribution in [2.75, 3.05) is 6.54 Å². The monoisotopic (exact) mass is 339 g/mol. The summed E-state index contributed by atoms with van der Waals surface area (Å²) < 4.78 is 1.89. The van der Waals surface area contributed by atoms with Gasteiger partial charge in [-0.3, -0.25) is 9.59 Å². The van der Waals surface area contributed by atoms with Gasteiger partial charge in [-0.25, -0.2) is 0 Å². The molecular weight excluding hydrogens is 314 g/mol. The number of carbonyl (C=O) groups excluding carboxylic acids is 2. The number of nitrogens with one attached hydrogen (secondary N) is 1. The standard InChI is InChI=1S/C20H25N3O2/c1-20(2,3)23-14-16(13-17(23)24)21-19(25)18(22-11-7-8-12-22)15-9-5-4-6-10-15/h4-12,16,18H,13-14H2,1-3H3,(H,21,25)/t16?,18-/m0/s1. The average Bonchev–Trinajstić information content (AvgIpc) is 3.18. The summed E-state index contributed by atoms with van der Waals surface area (Å²) in [6.45, 7) is 6.60. The highest BCUT2D eigenvalue weighted by Crippen LogP contribution is 2.24. The van der Waals surface area contributed by atoms with Gasteiger partial charge in [0.25, 0.3) is 0 Å². The van der Waals surface area contributed by atoms with Gasteiger partial charge in [0.05, 0.1) is 6.04 Å². The van der Waals surface area contributed by atoms with Gasteiger partial charge < -0.3 is 14.8 Å². The van der Waals surface area contributed by atoms with Crippen LogP contribution in [0.25, 0.3) is 0 Å². The van der Waals surface area contributed by atoms with Gasteiger partial charge >= 0.3 is 0 Å². The number of likely N-dealkylation sites (tertiary alicyclic amines) is 1. The molecule has 1 fully saturated rings. The first-order chi connectivity index (χ1) is 11.9. The van der Waals surface area contributed by atoms with Crippen LogP contribution in [0.2, 0.25) is 0 Å². The molecule has 2 heterocycles. The molecule has 5 nitrogen and oxygen atoms in total. The van der Waals surface area contributed by atoms with Crippen LogP contribution in [0.4, 0.5) is 0 Å². The Bertz CT molecular complexity index is 732. The quantitative estimate of drug-likeness (QED) is 0.931. The first-order valence-corrected chi connectivity index (χ1v) is 8.64. The Morgan fingerprint density at radius 3 is 2.32 bits per heavy atom. The molecule has 1 N–H and O–H groups in total. The van der Waals surface area contributed by atoms with Crippen LogP contribution in [0.15, 0.2) is 54.9 Å². The van der Waals surface area contributed by atoms with E-state index in [1.807, 2.05) is 85.1 Å². The molecule has 0 bridgehead atoms. The number of hydrogen-bond donors (Lipinski definition) is 1. The first kappa shape index (κ1) is 17.3. The fraction of sp³-hybridized carbons (Fsp3) is 0.400. The summed E-state index contributed by atoms with van der Waals surface area (Å²) in [5.41, 5.74) is 0.698. The summed E-state index contributed by atoms with van der Waals surface area (Å²) in [7, 11) is 0. The predicted octanol–water partition coefficient (Wildman–Crippen LogP) is 2.59. The number of amides is 2. The maximum absolute atomic E-state index is 13.0. The SMILES string of the molecule is CC(C)(C)N1CC(NC(=O)[C@H](c2ccccc2)n2cccc2)CC1=O. The van der Waals surface area contributed by atoms with Crippen molar-refractivity contribution in [3.05, 3.63) is 60.4 Å². The molecule has 0 spiro atoms. The first-order valence-electron chi connectivity index (χ1n) is 8.64. The minimum atomic E-state index is -0.435. The fourth-order valence-electron chi connectivity index (χ4n) is 3.35. The van der Waals surface area contributed by atoms with E-state index in [1.54, 1.807) is 0 Å². The van der Waals surface area contributed by atoms with Gasteiger partial charge in [0.15, 0.2) is 0 Å². The summed E-state index contributed by atoms with van der Waals surface area (Å²) in [5.74, 6) is 0.00554. The highest BCUT2D eigenvalue weighted by molar-refractivity contribution is 5.86. The lowest BCUT2D eigenvalue weighted by Crippen LogP contribution is -2.45. The highest BCUT2D eigenvalue weighted by Gasteiger charge is 2.37. The van der Waals surface area contributed by atoms with Crippen molar-refractivity contribution < 1.29 is 9.59 Å². The van der Waals surface area contributed by atoms with Crippen LogP contribution in [0.5, 0.6) is 0 Å². The van der Waals surface area contributed by atoms with E-state index in [1.165, 1.54) is 0 Å². The van der Waals surface area contributed by atoms with Gasteiger partial charge in [-0.15, -0.1) is 0 Å². The van der Waals surface area contributed by atoms with Crippen LogP contribution >= 0.6 is 0 Å². The smallest absolute Gasteiger partial charge is 0.247 e. The van der Waals surface area contributed by atoms with E-state index in [9.17, 15) is 9.59 Å². The molecular formula is C20H25N3O2. The number of carbonyl (C=O) groups is 2. The van der Waals surface area contributed by atoms with Crippen molar-refractivity contribution in [1.29, 1.82) is 0 Å². The molecule has 5 heteroatoms. The molecule has 3 rings (SSSR count). The van der Waals surface area contributed by atoms with Crippen molar-refractivity contribution in [3.8, 4) is 0 Å². The van der Waals surface area contributed by atoms with Gasteiger partial charge in [0.2, 0.25) is 11.8 Å². The number of rotatable bonds is 4. The number of aromatic nitrogens is 1. The van der Waals surface area contributed by atoms with Gasteiger partial charge in [-0.1, -0.05) is 30.3 Å². The Labute approximate surface area is 148 Å². The summed E-state index contributed by atoms with van der Waals surface area (Å²) in [4.78, 5) is 27.1. The average molecular weight is 339 g/mol. The molecule has 1 aliphatic heterocycles. The zero-order valence-electron chi connectivity index (χ0n) is 15.0.